The number of piperidine rings is 1. The molecule has 0 amide bonds. The highest BCUT2D eigenvalue weighted by atomic mass is 15.3. The number of hydrogen-bond donors (Lipinski definition) is 0. The van der Waals surface area contributed by atoms with Crippen molar-refractivity contribution in [2.45, 2.75) is 71.4 Å². The highest BCUT2D eigenvalue weighted by Crippen LogP contribution is 2.36. The van der Waals surface area contributed by atoms with Gasteiger partial charge in [0.05, 0.1) is 11.9 Å². The first-order chi connectivity index (χ1) is 11.4. The lowest BCUT2D eigenvalue weighted by Crippen LogP contribution is -2.51. The molecule has 1 aliphatic heterocycles. The van der Waals surface area contributed by atoms with E-state index in [2.05, 4.69) is 81.3 Å². The SMILES string of the molecule is CCC1CC(c2cnn(-c3ccccc3C)c2)CCN1C(C)(C)C. The minimum atomic E-state index is 0.261. The molecule has 0 saturated carbocycles. The van der Waals surface area contributed by atoms with Gasteiger partial charge in [-0.2, -0.15) is 5.10 Å². The van der Waals surface area contributed by atoms with Crippen LogP contribution in [0.4, 0.5) is 0 Å². The summed E-state index contributed by atoms with van der Waals surface area (Å²) in [6.07, 6.45) is 8.02. The number of benzene rings is 1. The maximum Gasteiger partial charge on any atom is 0.0674 e. The van der Waals surface area contributed by atoms with Gasteiger partial charge in [0.15, 0.2) is 0 Å². The van der Waals surface area contributed by atoms with Crippen LogP contribution in [0, 0.1) is 6.92 Å². The van der Waals surface area contributed by atoms with Crippen molar-refractivity contribution in [2.24, 2.45) is 0 Å². The minimum absolute atomic E-state index is 0.261. The molecule has 1 aromatic heterocycles. The van der Waals surface area contributed by atoms with E-state index in [4.69, 9.17) is 0 Å². The summed E-state index contributed by atoms with van der Waals surface area (Å²) in [6.45, 7) is 12.7. The first kappa shape index (κ1) is 17.2. The summed E-state index contributed by atoms with van der Waals surface area (Å²) >= 11 is 0. The maximum absolute atomic E-state index is 4.64. The normalized spacial score (nSPS) is 22.7. The van der Waals surface area contributed by atoms with Crippen LogP contribution in [-0.4, -0.2) is 32.8 Å². The van der Waals surface area contributed by atoms with Gasteiger partial charge in [0.1, 0.15) is 0 Å². The molecule has 130 valence electrons. The van der Waals surface area contributed by atoms with Crippen molar-refractivity contribution >= 4 is 0 Å². The number of likely N-dealkylation sites (tertiary alicyclic amines) is 1. The van der Waals surface area contributed by atoms with E-state index in [-0.39, 0.29) is 5.54 Å². The maximum atomic E-state index is 4.64. The smallest absolute Gasteiger partial charge is 0.0674 e. The Kier molecular flexibility index (Phi) is 4.82. The molecule has 1 aromatic carbocycles. The monoisotopic (exact) mass is 325 g/mol. The van der Waals surface area contributed by atoms with Crippen LogP contribution < -0.4 is 0 Å². The molecule has 0 aliphatic carbocycles. The van der Waals surface area contributed by atoms with Gasteiger partial charge in [-0.1, -0.05) is 25.1 Å². The van der Waals surface area contributed by atoms with Crippen molar-refractivity contribution < 1.29 is 0 Å². The number of nitrogens with zero attached hydrogens (tertiary/aromatic N) is 3. The van der Waals surface area contributed by atoms with Crippen molar-refractivity contribution in [3.05, 3.63) is 47.8 Å². The van der Waals surface area contributed by atoms with Crippen LogP contribution in [0.5, 0.6) is 0 Å². The Hall–Kier alpha value is -1.61. The van der Waals surface area contributed by atoms with E-state index in [1.807, 2.05) is 4.68 Å². The second-order valence-corrected chi connectivity index (χ2v) is 8.15. The van der Waals surface area contributed by atoms with E-state index in [0.717, 1.165) is 0 Å². The zero-order chi connectivity index (χ0) is 17.3. The van der Waals surface area contributed by atoms with Crippen molar-refractivity contribution in [3.63, 3.8) is 0 Å². The molecule has 0 radical (unpaired) electrons. The molecule has 3 heteroatoms. The summed E-state index contributed by atoms with van der Waals surface area (Å²) in [5.74, 6) is 0.631. The lowest BCUT2D eigenvalue weighted by Gasteiger charge is -2.46. The Bertz CT molecular complexity index is 680. The second kappa shape index (κ2) is 6.72. The van der Waals surface area contributed by atoms with E-state index in [9.17, 15) is 0 Å². The molecule has 1 fully saturated rings. The summed E-state index contributed by atoms with van der Waals surface area (Å²) in [5.41, 5.74) is 4.10. The van der Waals surface area contributed by atoms with E-state index in [1.54, 1.807) is 0 Å². The van der Waals surface area contributed by atoms with Crippen LogP contribution in [0.3, 0.4) is 0 Å². The standard InChI is InChI=1S/C21H31N3/c1-6-19-13-17(11-12-23(19)21(3,4)5)18-14-22-24(15-18)20-10-8-7-9-16(20)2/h7-10,14-15,17,19H,6,11-13H2,1-5H3. The van der Waals surface area contributed by atoms with E-state index < -0.39 is 0 Å². The molecule has 0 N–H and O–H groups in total. The molecule has 0 bridgehead atoms. The number of aryl methyl sites for hydroxylation is 1. The molecule has 24 heavy (non-hydrogen) atoms. The molecule has 1 saturated heterocycles. The van der Waals surface area contributed by atoms with Gasteiger partial charge in [-0.3, -0.25) is 4.90 Å². The van der Waals surface area contributed by atoms with E-state index in [1.165, 1.54) is 42.6 Å². The van der Waals surface area contributed by atoms with Crippen LogP contribution in [0.15, 0.2) is 36.7 Å². The van der Waals surface area contributed by atoms with Crippen molar-refractivity contribution in [1.29, 1.82) is 0 Å². The highest BCUT2D eigenvalue weighted by Gasteiger charge is 2.34. The molecule has 3 nitrogen and oxygen atoms in total. The van der Waals surface area contributed by atoms with Crippen LogP contribution in [0.1, 0.15) is 64.0 Å². The Morgan fingerprint density at radius 3 is 2.62 bits per heavy atom. The van der Waals surface area contributed by atoms with Gasteiger partial charge >= 0.3 is 0 Å². The van der Waals surface area contributed by atoms with Gasteiger partial charge < -0.3 is 0 Å². The van der Waals surface area contributed by atoms with Gasteiger partial charge in [-0.05, 0) is 76.6 Å². The summed E-state index contributed by atoms with van der Waals surface area (Å²) < 4.78 is 2.04. The lowest BCUT2D eigenvalue weighted by atomic mass is 9.83. The fourth-order valence-corrected chi connectivity index (χ4v) is 4.12. The molecular weight excluding hydrogens is 294 g/mol. The third kappa shape index (κ3) is 3.41. The zero-order valence-corrected chi connectivity index (χ0v) is 15.8. The predicted octanol–water partition coefficient (Wildman–Crippen LogP) is 4.94. The summed E-state index contributed by atoms with van der Waals surface area (Å²) in [5, 5.41) is 4.64. The fraction of sp³-hybridized carbons (Fsp3) is 0.571. The van der Waals surface area contributed by atoms with Crippen molar-refractivity contribution in [1.82, 2.24) is 14.7 Å². The Labute approximate surface area is 146 Å². The van der Waals surface area contributed by atoms with Crippen LogP contribution in [0.2, 0.25) is 0 Å². The summed E-state index contributed by atoms with van der Waals surface area (Å²) in [6, 6.07) is 9.12. The summed E-state index contributed by atoms with van der Waals surface area (Å²) in [7, 11) is 0. The quantitative estimate of drug-likeness (QED) is 0.797. The molecule has 2 unspecified atom stereocenters. The third-order valence-corrected chi connectivity index (χ3v) is 5.48. The number of hydrogen-bond acceptors (Lipinski definition) is 2. The van der Waals surface area contributed by atoms with Gasteiger partial charge in [0.25, 0.3) is 0 Å². The first-order valence-corrected chi connectivity index (χ1v) is 9.27. The largest absolute Gasteiger partial charge is 0.296 e. The molecule has 2 atom stereocenters. The average Bonchev–Trinajstić information content (AvgIpc) is 3.03. The van der Waals surface area contributed by atoms with Crippen LogP contribution in [0.25, 0.3) is 5.69 Å². The molecule has 2 aromatic rings. The predicted molar refractivity (Wildman–Crippen MR) is 101 cm³/mol. The van der Waals surface area contributed by atoms with Gasteiger partial charge in [0.2, 0.25) is 0 Å². The topological polar surface area (TPSA) is 21.1 Å². The Morgan fingerprint density at radius 2 is 1.96 bits per heavy atom. The summed E-state index contributed by atoms with van der Waals surface area (Å²) in [4.78, 5) is 2.69. The van der Waals surface area contributed by atoms with Crippen LogP contribution >= 0.6 is 0 Å². The zero-order valence-electron chi connectivity index (χ0n) is 15.8. The van der Waals surface area contributed by atoms with Gasteiger partial charge in [-0.25, -0.2) is 4.68 Å². The Balaban J connectivity index is 1.78. The minimum Gasteiger partial charge on any atom is -0.296 e. The van der Waals surface area contributed by atoms with Crippen molar-refractivity contribution in [2.75, 3.05) is 6.54 Å². The fourth-order valence-electron chi connectivity index (χ4n) is 4.12. The number of rotatable bonds is 3. The molecule has 1 aliphatic rings. The number of para-hydroxylation sites is 1. The van der Waals surface area contributed by atoms with E-state index >= 15 is 0 Å². The van der Waals surface area contributed by atoms with Gasteiger partial charge in [-0.15, -0.1) is 0 Å². The molecular formula is C21H31N3. The molecule has 3 rings (SSSR count). The van der Waals surface area contributed by atoms with Gasteiger partial charge in [0, 0.05) is 17.8 Å². The number of aromatic nitrogens is 2. The second-order valence-electron chi connectivity index (χ2n) is 8.15. The van der Waals surface area contributed by atoms with E-state index in [0.29, 0.717) is 12.0 Å². The molecule has 2 heterocycles. The highest BCUT2D eigenvalue weighted by molar-refractivity contribution is 5.39. The molecule has 0 spiro atoms. The van der Waals surface area contributed by atoms with Crippen LogP contribution in [-0.2, 0) is 0 Å². The third-order valence-electron chi connectivity index (χ3n) is 5.48. The first-order valence-electron chi connectivity index (χ1n) is 9.27. The lowest BCUT2D eigenvalue weighted by molar-refractivity contribution is 0.0416. The Morgan fingerprint density at radius 1 is 1.21 bits per heavy atom. The van der Waals surface area contributed by atoms with Crippen molar-refractivity contribution in [3.8, 4) is 5.69 Å². The average molecular weight is 326 g/mol.